The zero-order valence-electron chi connectivity index (χ0n) is 39.9. The van der Waals surface area contributed by atoms with Gasteiger partial charge in [0.25, 0.3) is 10.1 Å². The Kier molecular flexibility index (Phi) is 38.1. The third-order valence-corrected chi connectivity index (χ3v) is 12.1. The van der Waals surface area contributed by atoms with Crippen LogP contribution in [-0.2, 0) is 38.7 Å². The van der Waals surface area contributed by atoms with Crippen molar-refractivity contribution < 1.29 is 56.8 Å². The van der Waals surface area contributed by atoms with Crippen molar-refractivity contribution in [2.45, 2.75) is 243 Å². The summed E-state index contributed by atoms with van der Waals surface area (Å²) in [6.07, 6.45) is 40.1. The van der Waals surface area contributed by atoms with Crippen LogP contribution in [0, 0.1) is 0 Å². The molecule has 0 aromatic rings. The Morgan fingerprint density at radius 2 is 0.984 bits per heavy atom. The van der Waals surface area contributed by atoms with Gasteiger partial charge in [0, 0.05) is 12.8 Å². The number of ether oxygens (including phenoxy) is 4. The van der Waals surface area contributed by atoms with E-state index in [-0.39, 0.29) is 19.4 Å². The number of hydrogen-bond donors (Lipinski definition) is 4. The van der Waals surface area contributed by atoms with Gasteiger partial charge in [0.05, 0.1) is 6.61 Å². The average Bonchev–Trinajstić information content (AvgIpc) is 3.26. The van der Waals surface area contributed by atoms with Crippen LogP contribution >= 0.6 is 0 Å². The molecule has 0 spiro atoms. The first-order chi connectivity index (χ1) is 31.0. The van der Waals surface area contributed by atoms with Crippen molar-refractivity contribution in [2.24, 2.45) is 0 Å². The van der Waals surface area contributed by atoms with Crippen LogP contribution in [0.25, 0.3) is 0 Å². The lowest BCUT2D eigenvalue weighted by molar-refractivity contribution is -0.297. The van der Waals surface area contributed by atoms with Gasteiger partial charge in [0.15, 0.2) is 12.4 Å². The lowest BCUT2D eigenvalue weighted by Crippen LogP contribution is -2.60. The molecule has 1 heterocycles. The lowest BCUT2D eigenvalue weighted by atomic mass is 10.00. The number of hydrogen-bond acceptors (Lipinski definition) is 11. The highest BCUT2D eigenvalue weighted by atomic mass is 32.2. The Labute approximate surface area is 388 Å². The highest BCUT2D eigenvalue weighted by molar-refractivity contribution is 7.85. The third kappa shape index (κ3) is 34.9. The number of unbranched alkanes of at least 4 members (excludes halogenated alkanes) is 22. The maximum Gasteiger partial charge on any atom is 0.306 e. The molecule has 6 atom stereocenters. The Balaban J connectivity index is 2.38. The molecule has 64 heavy (non-hydrogen) atoms. The normalized spacial score (nSPS) is 20.0. The first-order valence-corrected chi connectivity index (χ1v) is 26.8. The van der Waals surface area contributed by atoms with E-state index in [9.17, 15) is 37.9 Å². The van der Waals surface area contributed by atoms with Gasteiger partial charge in [-0.25, -0.2) is 0 Å². The van der Waals surface area contributed by atoms with Crippen molar-refractivity contribution in [1.29, 1.82) is 0 Å². The van der Waals surface area contributed by atoms with Gasteiger partial charge in [-0.2, -0.15) is 8.42 Å². The van der Waals surface area contributed by atoms with Crippen LogP contribution in [-0.4, -0.2) is 96.0 Å². The van der Waals surface area contributed by atoms with E-state index in [0.29, 0.717) is 12.8 Å². The summed E-state index contributed by atoms with van der Waals surface area (Å²) in [6, 6.07) is 0. The Bertz CT molecular complexity index is 1360. The predicted molar refractivity (Wildman–Crippen MR) is 256 cm³/mol. The van der Waals surface area contributed by atoms with Crippen molar-refractivity contribution in [3.63, 3.8) is 0 Å². The van der Waals surface area contributed by atoms with E-state index >= 15 is 0 Å². The molecule has 1 saturated heterocycles. The van der Waals surface area contributed by atoms with E-state index in [0.717, 1.165) is 70.6 Å². The molecule has 2 unspecified atom stereocenters. The molecular formula is C51H90O12S. The molecule has 4 N–H and O–H groups in total. The molecule has 1 aliphatic rings. The van der Waals surface area contributed by atoms with E-state index in [2.05, 4.69) is 62.5 Å². The van der Waals surface area contributed by atoms with Gasteiger partial charge in [-0.1, -0.05) is 172 Å². The second-order valence-electron chi connectivity index (χ2n) is 17.4. The number of esters is 2. The van der Waals surface area contributed by atoms with Gasteiger partial charge in [0.1, 0.15) is 36.8 Å². The SMILES string of the molecule is CC/C=C/C/C=C/C/C=C/CCCCCCCC(=O)OC[C@H](CO[C@H]1O[C@H](CS(=O)(=O)O)[C@@H](O)C(O)C1O)OC(=O)CCCCCCCCCCCCC/C=C/CCCCCCCC. The maximum absolute atomic E-state index is 12.9. The summed E-state index contributed by atoms with van der Waals surface area (Å²) in [4.78, 5) is 25.5. The molecule has 0 bridgehead atoms. The molecule has 372 valence electrons. The summed E-state index contributed by atoms with van der Waals surface area (Å²) in [5, 5.41) is 31.0. The van der Waals surface area contributed by atoms with Crippen LogP contribution in [0.2, 0.25) is 0 Å². The van der Waals surface area contributed by atoms with Gasteiger partial charge in [-0.3, -0.25) is 14.1 Å². The van der Waals surface area contributed by atoms with E-state index in [4.69, 9.17) is 18.9 Å². The fourth-order valence-electron chi connectivity index (χ4n) is 7.51. The van der Waals surface area contributed by atoms with Crippen molar-refractivity contribution >= 4 is 22.1 Å². The van der Waals surface area contributed by atoms with E-state index < -0.39 is 71.2 Å². The Morgan fingerprint density at radius 3 is 1.48 bits per heavy atom. The van der Waals surface area contributed by atoms with Gasteiger partial charge < -0.3 is 34.3 Å². The third-order valence-electron chi connectivity index (χ3n) is 11.4. The fourth-order valence-corrected chi connectivity index (χ4v) is 8.20. The van der Waals surface area contributed by atoms with E-state index in [1.54, 1.807) is 0 Å². The standard InChI is InChI=1S/C51H90O12S/c1-3-5-7-9-11-13-15-17-19-20-21-22-23-24-26-28-30-32-34-36-38-40-47(53)62-44(42-61-51-50(56)49(55)48(54)45(63-51)43-64(57,58)59)41-60-46(52)39-37-35-33-31-29-27-25-18-16-14-12-10-8-6-4-2/h6,8,12,14,17-19,25,44-45,48-51,54-56H,3-5,7,9-11,13,15-16,20-24,26-43H2,1-2H3,(H,57,58,59)/b8-6+,14-12+,19-17+,25-18+/t44-,45-,48-,49?,50?,51+/m1/s1. The summed E-state index contributed by atoms with van der Waals surface area (Å²) in [5.41, 5.74) is 0. The van der Waals surface area contributed by atoms with Crippen molar-refractivity contribution in [1.82, 2.24) is 0 Å². The first-order valence-electron chi connectivity index (χ1n) is 25.2. The quantitative estimate of drug-likeness (QED) is 0.0197. The zero-order valence-corrected chi connectivity index (χ0v) is 40.7. The Morgan fingerprint density at radius 1 is 0.547 bits per heavy atom. The van der Waals surface area contributed by atoms with Crippen molar-refractivity contribution in [3.8, 4) is 0 Å². The summed E-state index contributed by atoms with van der Waals surface area (Å²) in [5.74, 6) is -2.00. The number of aliphatic hydroxyl groups excluding tert-OH is 3. The monoisotopic (exact) mass is 927 g/mol. The van der Waals surface area contributed by atoms with Crippen LogP contribution in [0.5, 0.6) is 0 Å². The van der Waals surface area contributed by atoms with E-state index in [1.807, 2.05) is 0 Å². The number of rotatable bonds is 42. The molecule has 13 heteroatoms. The highest BCUT2D eigenvalue weighted by Gasteiger charge is 2.46. The molecule has 0 aliphatic carbocycles. The molecule has 1 aliphatic heterocycles. The summed E-state index contributed by atoms with van der Waals surface area (Å²) in [7, 11) is -4.61. The fraction of sp³-hybridized carbons (Fsp3) is 0.804. The predicted octanol–water partition coefficient (Wildman–Crippen LogP) is 11.1. The second kappa shape index (κ2) is 40.8. The molecule has 0 amide bonds. The Hall–Kier alpha value is -2.39. The minimum atomic E-state index is -4.61. The van der Waals surface area contributed by atoms with Crippen LogP contribution in [0.1, 0.15) is 206 Å². The smallest absolute Gasteiger partial charge is 0.306 e. The van der Waals surface area contributed by atoms with Crippen LogP contribution in [0.15, 0.2) is 48.6 Å². The molecule has 0 aromatic carbocycles. The van der Waals surface area contributed by atoms with Crippen LogP contribution < -0.4 is 0 Å². The molecule has 0 saturated carbocycles. The molecular weight excluding hydrogens is 837 g/mol. The first kappa shape index (κ1) is 59.6. The highest BCUT2D eigenvalue weighted by Crippen LogP contribution is 2.24. The average molecular weight is 927 g/mol. The van der Waals surface area contributed by atoms with Gasteiger partial charge in [0.2, 0.25) is 0 Å². The number of carbonyl (C=O) groups excluding carboxylic acids is 2. The topological polar surface area (TPSA) is 186 Å². The number of carbonyl (C=O) groups is 2. The molecule has 0 radical (unpaired) electrons. The van der Waals surface area contributed by atoms with E-state index in [1.165, 1.54) is 96.3 Å². The summed E-state index contributed by atoms with van der Waals surface area (Å²) < 4.78 is 54.2. The maximum atomic E-state index is 12.9. The minimum absolute atomic E-state index is 0.159. The summed E-state index contributed by atoms with van der Waals surface area (Å²) in [6.45, 7) is 3.65. The minimum Gasteiger partial charge on any atom is -0.462 e. The number of allylic oxidation sites excluding steroid dienone is 8. The van der Waals surface area contributed by atoms with Gasteiger partial charge in [-0.05, 0) is 70.6 Å². The largest absolute Gasteiger partial charge is 0.462 e. The van der Waals surface area contributed by atoms with Crippen molar-refractivity contribution in [2.75, 3.05) is 19.0 Å². The van der Waals surface area contributed by atoms with Crippen molar-refractivity contribution in [3.05, 3.63) is 48.6 Å². The molecule has 0 aromatic heterocycles. The van der Waals surface area contributed by atoms with Gasteiger partial charge >= 0.3 is 11.9 Å². The number of aliphatic hydroxyl groups is 3. The van der Waals surface area contributed by atoms with Crippen LogP contribution in [0.3, 0.4) is 0 Å². The summed E-state index contributed by atoms with van der Waals surface area (Å²) >= 11 is 0. The van der Waals surface area contributed by atoms with Crippen LogP contribution in [0.4, 0.5) is 0 Å². The second-order valence-corrected chi connectivity index (χ2v) is 18.9. The molecule has 1 fully saturated rings. The molecule has 1 rings (SSSR count). The molecule has 12 nitrogen and oxygen atoms in total. The lowest BCUT2D eigenvalue weighted by Gasteiger charge is -2.40. The van der Waals surface area contributed by atoms with Gasteiger partial charge in [-0.15, -0.1) is 0 Å². The zero-order chi connectivity index (χ0) is 46.9.